The number of hydrogen-bond donors (Lipinski definition) is 2. The Labute approximate surface area is 139 Å². The zero-order chi connectivity index (χ0) is 16.1. The molecule has 0 saturated carbocycles. The fraction of sp³-hybridized carbons (Fsp3) is 0.188. The van der Waals surface area contributed by atoms with Crippen LogP contribution in [0.2, 0.25) is 0 Å². The molecule has 0 fully saturated rings. The van der Waals surface area contributed by atoms with Crippen molar-refractivity contribution >= 4 is 23.0 Å². The minimum atomic E-state index is 0.272. The lowest BCUT2D eigenvalue weighted by molar-refractivity contribution is 0.174. The smallest absolute Gasteiger partial charge is 0.231 e. The molecule has 0 aliphatic carbocycles. The minimum Gasteiger partial charge on any atom is -0.454 e. The Hall–Kier alpha value is -2.67. The average Bonchev–Trinajstić information content (AvgIpc) is 3.06. The van der Waals surface area contributed by atoms with Crippen molar-refractivity contribution in [2.75, 3.05) is 6.79 Å². The molecule has 0 atom stereocenters. The van der Waals surface area contributed by atoms with Crippen molar-refractivity contribution < 1.29 is 9.47 Å². The van der Waals surface area contributed by atoms with Crippen molar-refractivity contribution in [3.05, 3.63) is 53.9 Å². The van der Waals surface area contributed by atoms with Crippen LogP contribution in [0.4, 0.5) is 0 Å². The second-order valence-corrected chi connectivity index (χ2v) is 5.30. The van der Waals surface area contributed by atoms with E-state index in [1.807, 2.05) is 43.3 Å². The van der Waals surface area contributed by atoms with E-state index in [4.69, 9.17) is 21.7 Å². The van der Waals surface area contributed by atoms with Gasteiger partial charge in [-0.15, -0.1) is 0 Å². The monoisotopic (exact) mass is 328 g/mol. The molecule has 0 spiro atoms. The second-order valence-electron chi connectivity index (χ2n) is 4.89. The van der Waals surface area contributed by atoms with Gasteiger partial charge in [-0.1, -0.05) is 12.1 Å². The van der Waals surface area contributed by atoms with E-state index in [-0.39, 0.29) is 6.79 Å². The maximum Gasteiger partial charge on any atom is 0.231 e. The second kappa shape index (κ2) is 7.06. The molecular weight excluding hydrogens is 312 g/mol. The highest BCUT2D eigenvalue weighted by atomic mass is 32.1. The van der Waals surface area contributed by atoms with Gasteiger partial charge in [-0.3, -0.25) is 10.4 Å². The fourth-order valence-electron chi connectivity index (χ4n) is 2.04. The number of hydrogen-bond acceptors (Lipinski definition) is 5. The van der Waals surface area contributed by atoms with Crippen LogP contribution in [0.5, 0.6) is 11.5 Å². The molecule has 118 valence electrons. The number of hydrazone groups is 1. The van der Waals surface area contributed by atoms with E-state index in [2.05, 4.69) is 20.8 Å². The molecule has 1 aromatic heterocycles. The molecule has 7 heteroatoms. The highest BCUT2D eigenvalue weighted by Crippen LogP contribution is 2.32. The van der Waals surface area contributed by atoms with Crippen LogP contribution in [-0.2, 0) is 6.54 Å². The molecule has 2 aromatic rings. The number of nitrogens with zero attached hydrogens (tertiary/aromatic N) is 2. The summed E-state index contributed by atoms with van der Waals surface area (Å²) in [5.74, 6) is 1.53. The SMILES string of the molecule is C/C(=N/NC(=S)NCc1ccc2c(c1)OCO2)c1ccccn1. The summed E-state index contributed by atoms with van der Waals surface area (Å²) >= 11 is 5.22. The van der Waals surface area contributed by atoms with Gasteiger partial charge in [-0.05, 0) is 49.0 Å². The number of thiocarbonyl (C=S) groups is 1. The highest BCUT2D eigenvalue weighted by molar-refractivity contribution is 7.80. The lowest BCUT2D eigenvalue weighted by Crippen LogP contribution is -2.32. The predicted molar refractivity (Wildman–Crippen MR) is 91.6 cm³/mol. The van der Waals surface area contributed by atoms with Crippen LogP contribution < -0.4 is 20.2 Å². The first kappa shape index (κ1) is 15.2. The summed E-state index contributed by atoms with van der Waals surface area (Å²) < 4.78 is 10.6. The number of pyridine rings is 1. The first-order valence-corrected chi connectivity index (χ1v) is 7.51. The first-order chi connectivity index (χ1) is 11.2. The third-order valence-electron chi connectivity index (χ3n) is 3.25. The Morgan fingerprint density at radius 2 is 2.13 bits per heavy atom. The van der Waals surface area contributed by atoms with Crippen molar-refractivity contribution in [1.82, 2.24) is 15.7 Å². The Kier molecular flexibility index (Phi) is 4.68. The number of ether oxygens (including phenoxy) is 2. The van der Waals surface area contributed by atoms with E-state index in [0.717, 1.165) is 28.5 Å². The number of fused-ring (bicyclic) bond motifs is 1. The predicted octanol–water partition coefficient (Wildman–Crippen LogP) is 2.20. The molecular formula is C16H16N4O2S. The molecule has 3 rings (SSSR count). The van der Waals surface area contributed by atoms with Gasteiger partial charge >= 0.3 is 0 Å². The molecule has 0 saturated heterocycles. The summed E-state index contributed by atoms with van der Waals surface area (Å²) in [6, 6.07) is 11.5. The maximum atomic E-state index is 5.35. The van der Waals surface area contributed by atoms with E-state index in [1.165, 1.54) is 0 Å². The van der Waals surface area contributed by atoms with Crippen LogP contribution in [0.15, 0.2) is 47.7 Å². The first-order valence-electron chi connectivity index (χ1n) is 7.10. The molecule has 0 radical (unpaired) electrons. The van der Waals surface area contributed by atoms with Gasteiger partial charge in [0, 0.05) is 12.7 Å². The Morgan fingerprint density at radius 1 is 1.26 bits per heavy atom. The largest absolute Gasteiger partial charge is 0.454 e. The third-order valence-corrected chi connectivity index (χ3v) is 3.49. The number of aromatic nitrogens is 1. The van der Waals surface area contributed by atoms with Crippen LogP contribution in [0.3, 0.4) is 0 Å². The van der Waals surface area contributed by atoms with E-state index in [9.17, 15) is 0 Å². The molecule has 1 aliphatic heterocycles. The van der Waals surface area contributed by atoms with Crippen LogP contribution in [-0.4, -0.2) is 22.6 Å². The minimum absolute atomic E-state index is 0.272. The molecule has 1 aromatic carbocycles. The maximum absolute atomic E-state index is 5.35. The van der Waals surface area contributed by atoms with E-state index >= 15 is 0 Å². The summed E-state index contributed by atoms with van der Waals surface area (Å²) in [6.45, 7) is 2.71. The van der Waals surface area contributed by atoms with Gasteiger partial charge in [0.15, 0.2) is 16.6 Å². The third kappa shape index (κ3) is 3.95. The summed E-state index contributed by atoms with van der Waals surface area (Å²) in [7, 11) is 0. The van der Waals surface area contributed by atoms with Crippen molar-refractivity contribution in [2.24, 2.45) is 5.10 Å². The Bertz CT molecular complexity index is 734. The van der Waals surface area contributed by atoms with Crippen molar-refractivity contribution in [1.29, 1.82) is 0 Å². The summed E-state index contributed by atoms with van der Waals surface area (Å²) in [6.07, 6.45) is 1.73. The fourth-order valence-corrected chi connectivity index (χ4v) is 2.16. The van der Waals surface area contributed by atoms with Gasteiger partial charge in [0.25, 0.3) is 0 Å². The normalized spacial score (nSPS) is 12.8. The summed E-state index contributed by atoms with van der Waals surface area (Å²) in [5.41, 5.74) is 5.43. The van der Waals surface area contributed by atoms with Gasteiger partial charge in [-0.2, -0.15) is 5.10 Å². The molecule has 0 amide bonds. The summed E-state index contributed by atoms with van der Waals surface area (Å²) in [4.78, 5) is 4.22. The van der Waals surface area contributed by atoms with Crippen molar-refractivity contribution in [2.45, 2.75) is 13.5 Å². The zero-order valence-electron chi connectivity index (χ0n) is 12.6. The van der Waals surface area contributed by atoms with E-state index in [0.29, 0.717) is 11.7 Å². The van der Waals surface area contributed by atoms with Gasteiger partial charge in [0.2, 0.25) is 6.79 Å². The lowest BCUT2D eigenvalue weighted by Gasteiger charge is -2.08. The number of benzene rings is 1. The van der Waals surface area contributed by atoms with Gasteiger partial charge in [-0.25, -0.2) is 0 Å². The molecule has 2 N–H and O–H groups in total. The molecule has 1 aliphatic rings. The van der Waals surface area contributed by atoms with Gasteiger partial charge < -0.3 is 14.8 Å². The summed E-state index contributed by atoms with van der Waals surface area (Å²) in [5, 5.41) is 7.76. The standard InChI is InChI=1S/C16H16N4O2S/c1-11(13-4-2-3-7-17-13)19-20-16(23)18-9-12-5-6-14-15(8-12)22-10-21-14/h2-8H,9-10H2,1H3,(H2,18,20,23)/b19-11-. The highest BCUT2D eigenvalue weighted by Gasteiger charge is 2.12. The lowest BCUT2D eigenvalue weighted by atomic mass is 10.2. The van der Waals surface area contributed by atoms with Crippen LogP contribution >= 0.6 is 12.2 Å². The average molecular weight is 328 g/mol. The van der Waals surface area contributed by atoms with Crippen LogP contribution in [0, 0.1) is 0 Å². The molecule has 23 heavy (non-hydrogen) atoms. The van der Waals surface area contributed by atoms with Crippen LogP contribution in [0.1, 0.15) is 18.2 Å². The van der Waals surface area contributed by atoms with E-state index in [1.54, 1.807) is 6.20 Å². The topological polar surface area (TPSA) is 67.8 Å². The quantitative estimate of drug-likeness (QED) is 0.509. The zero-order valence-corrected chi connectivity index (χ0v) is 13.4. The van der Waals surface area contributed by atoms with Gasteiger partial charge in [0.05, 0.1) is 11.4 Å². The molecule has 0 unspecified atom stereocenters. The molecule has 2 heterocycles. The number of nitrogens with one attached hydrogen (secondary N) is 2. The number of rotatable bonds is 4. The molecule has 6 nitrogen and oxygen atoms in total. The Morgan fingerprint density at radius 3 is 2.96 bits per heavy atom. The van der Waals surface area contributed by atoms with Crippen molar-refractivity contribution in [3.8, 4) is 11.5 Å². The Balaban J connectivity index is 1.52. The van der Waals surface area contributed by atoms with Crippen molar-refractivity contribution in [3.63, 3.8) is 0 Å². The van der Waals surface area contributed by atoms with E-state index < -0.39 is 0 Å². The molecule has 0 bridgehead atoms. The van der Waals surface area contributed by atoms with Crippen LogP contribution in [0.25, 0.3) is 0 Å². The van der Waals surface area contributed by atoms with Gasteiger partial charge in [0.1, 0.15) is 0 Å².